The van der Waals surface area contributed by atoms with Gasteiger partial charge in [0.05, 0.1) is 6.04 Å². The molecule has 70 valence electrons. The van der Waals surface area contributed by atoms with Gasteiger partial charge in [-0.3, -0.25) is 4.79 Å². The Morgan fingerprint density at radius 2 is 2.00 bits per heavy atom. The van der Waals surface area contributed by atoms with Crippen molar-refractivity contribution >= 4 is 5.78 Å². The third kappa shape index (κ3) is 2.07. The van der Waals surface area contributed by atoms with Crippen molar-refractivity contribution in [1.82, 2.24) is 0 Å². The van der Waals surface area contributed by atoms with Gasteiger partial charge in [0.25, 0.3) is 0 Å². The second-order valence-corrected chi connectivity index (χ2v) is 4.91. The minimum absolute atomic E-state index is 0.192. The van der Waals surface area contributed by atoms with Gasteiger partial charge in [-0.05, 0) is 24.2 Å². The van der Waals surface area contributed by atoms with Crippen LogP contribution in [0.25, 0.3) is 0 Å². The normalized spacial score (nSPS) is 32.2. The Kier molecular flexibility index (Phi) is 2.57. The van der Waals surface area contributed by atoms with E-state index in [9.17, 15) is 4.79 Å². The Morgan fingerprint density at radius 3 is 2.42 bits per heavy atom. The van der Waals surface area contributed by atoms with Gasteiger partial charge in [-0.15, -0.1) is 0 Å². The average Bonchev–Trinajstić information content (AvgIpc) is 1.92. The summed E-state index contributed by atoms with van der Waals surface area (Å²) in [6.07, 6.45) is 2.58. The second-order valence-electron chi connectivity index (χ2n) is 4.91. The summed E-state index contributed by atoms with van der Waals surface area (Å²) in [4.78, 5) is 11.1. The molecule has 0 spiro atoms. The molecule has 0 aromatic heterocycles. The first kappa shape index (κ1) is 9.72. The van der Waals surface area contributed by atoms with E-state index in [1.54, 1.807) is 0 Å². The fourth-order valence-electron chi connectivity index (χ4n) is 1.84. The van der Waals surface area contributed by atoms with Gasteiger partial charge >= 0.3 is 0 Å². The Hall–Kier alpha value is -0.370. The Morgan fingerprint density at radius 1 is 1.42 bits per heavy atom. The SMILES string of the molecule is CC(C)(C)[C@@H]1CCC(=O)[C@H](N)C1. The van der Waals surface area contributed by atoms with Crippen LogP contribution in [-0.2, 0) is 4.79 Å². The van der Waals surface area contributed by atoms with Crippen molar-refractivity contribution in [2.75, 3.05) is 0 Å². The lowest BCUT2D eigenvalue weighted by Crippen LogP contribution is -2.40. The summed E-state index contributed by atoms with van der Waals surface area (Å²) in [6, 6.07) is -0.192. The van der Waals surface area contributed by atoms with Crippen molar-refractivity contribution in [3.8, 4) is 0 Å². The van der Waals surface area contributed by atoms with E-state index in [-0.39, 0.29) is 11.8 Å². The van der Waals surface area contributed by atoms with Crippen molar-refractivity contribution in [3.05, 3.63) is 0 Å². The van der Waals surface area contributed by atoms with Crippen LogP contribution in [0.1, 0.15) is 40.0 Å². The van der Waals surface area contributed by atoms with Gasteiger partial charge in [-0.25, -0.2) is 0 Å². The number of carbonyl (C=O) groups is 1. The molecule has 1 aliphatic carbocycles. The number of ketones is 1. The van der Waals surface area contributed by atoms with E-state index in [0.717, 1.165) is 12.8 Å². The van der Waals surface area contributed by atoms with Crippen LogP contribution < -0.4 is 5.73 Å². The lowest BCUT2D eigenvalue weighted by molar-refractivity contribution is -0.123. The van der Waals surface area contributed by atoms with E-state index in [1.807, 2.05) is 0 Å². The molecule has 0 bridgehead atoms. The van der Waals surface area contributed by atoms with Crippen LogP contribution in [0, 0.1) is 11.3 Å². The van der Waals surface area contributed by atoms with Gasteiger partial charge in [0, 0.05) is 6.42 Å². The highest BCUT2D eigenvalue weighted by molar-refractivity contribution is 5.84. The molecule has 2 heteroatoms. The maximum atomic E-state index is 11.1. The number of nitrogens with two attached hydrogens (primary N) is 1. The largest absolute Gasteiger partial charge is 0.321 e. The zero-order chi connectivity index (χ0) is 9.35. The topological polar surface area (TPSA) is 43.1 Å². The maximum absolute atomic E-state index is 11.1. The molecule has 0 aromatic carbocycles. The third-order valence-electron chi connectivity index (χ3n) is 2.92. The van der Waals surface area contributed by atoms with Gasteiger partial charge in [-0.2, -0.15) is 0 Å². The quantitative estimate of drug-likeness (QED) is 0.600. The second kappa shape index (κ2) is 3.17. The molecule has 0 saturated heterocycles. The fraction of sp³-hybridized carbons (Fsp3) is 0.900. The molecule has 1 fully saturated rings. The van der Waals surface area contributed by atoms with Crippen LogP contribution in [0.3, 0.4) is 0 Å². The van der Waals surface area contributed by atoms with E-state index in [1.165, 1.54) is 0 Å². The lowest BCUT2D eigenvalue weighted by Gasteiger charge is -2.35. The fourth-order valence-corrected chi connectivity index (χ4v) is 1.84. The standard InChI is InChI=1S/C10H19NO/c1-10(2,3)7-4-5-9(12)8(11)6-7/h7-8H,4-6,11H2,1-3H3/t7-,8-/m1/s1. The van der Waals surface area contributed by atoms with Crippen molar-refractivity contribution in [2.45, 2.75) is 46.1 Å². The van der Waals surface area contributed by atoms with Gasteiger partial charge in [0.1, 0.15) is 5.78 Å². The summed E-state index contributed by atoms with van der Waals surface area (Å²) in [5, 5.41) is 0. The summed E-state index contributed by atoms with van der Waals surface area (Å²) in [5.41, 5.74) is 6.02. The van der Waals surface area contributed by atoms with E-state index in [2.05, 4.69) is 20.8 Å². The molecule has 2 nitrogen and oxygen atoms in total. The van der Waals surface area contributed by atoms with Crippen LogP contribution in [0.4, 0.5) is 0 Å². The minimum Gasteiger partial charge on any atom is -0.321 e. The molecule has 1 saturated carbocycles. The van der Waals surface area contributed by atoms with Crippen LogP contribution in [0.5, 0.6) is 0 Å². The molecule has 0 heterocycles. The van der Waals surface area contributed by atoms with E-state index >= 15 is 0 Å². The van der Waals surface area contributed by atoms with E-state index in [0.29, 0.717) is 17.8 Å². The molecule has 2 atom stereocenters. The maximum Gasteiger partial charge on any atom is 0.149 e. The first-order valence-electron chi connectivity index (χ1n) is 4.69. The highest BCUT2D eigenvalue weighted by Gasteiger charge is 2.32. The van der Waals surface area contributed by atoms with Gasteiger partial charge in [-0.1, -0.05) is 20.8 Å². The first-order valence-corrected chi connectivity index (χ1v) is 4.69. The highest BCUT2D eigenvalue weighted by atomic mass is 16.1. The monoisotopic (exact) mass is 169 g/mol. The van der Waals surface area contributed by atoms with Crippen molar-refractivity contribution in [1.29, 1.82) is 0 Å². The Labute approximate surface area is 74.5 Å². The molecule has 0 aromatic rings. The molecule has 1 rings (SSSR count). The molecule has 1 aliphatic rings. The molecular formula is C10H19NO. The van der Waals surface area contributed by atoms with Gasteiger partial charge in [0.2, 0.25) is 0 Å². The summed E-state index contributed by atoms with van der Waals surface area (Å²) >= 11 is 0. The average molecular weight is 169 g/mol. The van der Waals surface area contributed by atoms with E-state index < -0.39 is 0 Å². The predicted molar refractivity (Wildman–Crippen MR) is 49.8 cm³/mol. The Balaban J connectivity index is 2.57. The molecule has 0 radical (unpaired) electrons. The number of carbonyl (C=O) groups excluding carboxylic acids is 1. The summed E-state index contributed by atoms with van der Waals surface area (Å²) in [7, 11) is 0. The smallest absolute Gasteiger partial charge is 0.149 e. The van der Waals surface area contributed by atoms with Crippen LogP contribution in [0.2, 0.25) is 0 Å². The molecule has 0 amide bonds. The summed E-state index contributed by atoms with van der Waals surface area (Å²) in [6.45, 7) is 6.67. The minimum atomic E-state index is -0.192. The van der Waals surface area contributed by atoms with Crippen LogP contribution in [0.15, 0.2) is 0 Å². The number of Topliss-reactive ketones (excluding diaryl/α,β-unsaturated/α-hetero) is 1. The lowest BCUT2D eigenvalue weighted by atomic mass is 9.71. The van der Waals surface area contributed by atoms with Crippen LogP contribution in [-0.4, -0.2) is 11.8 Å². The zero-order valence-corrected chi connectivity index (χ0v) is 8.26. The van der Waals surface area contributed by atoms with Crippen molar-refractivity contribution in [3.63, 3.8) is 0 Å². The number of hydrogen-bond acceptors (Lipinski definition) is 2. The number of hydrogen-bond donors (Lipinski definition) is 1. The molecule has 12 heavy (non-hydrogen) atoms. The number of rotatable bonds is 0. The van der Waals surface area contributed by atoms with Crippen molar-refractivity contribution in [2.24, 2.45) is 17.1 Å². The summed E-state index contributed by atoms with van der Waals surface area (Å²) < 4.78 is 0. The van der Waals surface area contributed by atoms with E-state index in [4.69, 9.17) is 5.73 Å². The van der Waals surface area contributed by atoms with Gasteiger partial charge in [0.15, 0.2) is 0 Å². The molecular weight excluding hydrogens is 150 g/mol. The zero-order valence-electron chi connectivity index (χ0n) is 8.26. The highest BCUT2D eigenvalue weighted by Crippen LogP contribution is 2.36. The van der Waals surface area contributed by atoms with Crippen molar-refractivity contribution < 1.29 is 4.79 Å². The Bertz CT molecular complexity index is 181. The first-order chi connectivity index (χ1) is 5.41. The molecule has 2 N–H and O–H groups in total. The predicted octanol–water partition coefficient (Wildman–Crippen LogP) is 1.73. The third-order valence-corrected chi connectivity index (χ3v) is 2.92. The van der Waals surface area contributed by atoms with Gasteiger partial charge < -0.3 is 5.73 Å². The summed E-state index contributed by atoms with van der Waals surface area (Å²) in [5.74, 6) is 0.862. The molecule has 0 aliphatic heterocycles. The molecule has 0 unspecified atom stereocenters. The van der Waals surface area contributed by atoms with Crippen LogP contribution >= 0.6 is 0 Å².